The van der Waals surface area contributed by atoms with Crippen LogP contribution >= 0.6 is 0 Å². The van der Waals surface area contributed by atoms with Crippen LogP contribution in [0, 0.1) is 0 Å². The maximum Gasteiger partial charge on any atom is 0.459 e. The van der Waals surface area contributed by atoms with Crippen molar-refractivity contribution in [3.63, 3.8) is 0 Å². The number of rotatable bonds is 6. The van der Waals surface area contributed by atoms with Gasteiger partial charge in [-0.3, -0.25) is 0 Å². The smallest absolute Gasteiger partial charge is 0.341 e. The molecular formula is C16H12F8N2. The molecule has 0 radical (unpaired) electrons. The van der Waals surface area contributed by atoms with E-state index in [9.17, 15) is 35.1 Å². The third-order valence-corrected chi connectivity index (χ3v) is 3.39. The van der Waals surface area contributed by atoms with Crippen molar-refractivity contribution >= 4 is 11.4 Å². The summed E-state index contributed by atoms with van der Waals surface area (Å²) >= 11 is 0. The molecule has 2 N–H and O–H groups in total. The van der Waals surface area contributed by atoms with Crippen molar-refractivity contribution in [2.45, 2.75) is 23.9 Å². The van der Waals surface area contributed by atoms with Crippen LogP contribution in [0.25, 0.3) is 0 Å². The minimum atomic E-state index is -6.58. The Bertz CT molecular complexity index is 718. The number of para-hydroxylation sites is 2. The molecule has 26 heavy (non-hydrogen) atoms. The molecule has 0 heterocycles. The maximum atomic E-state index is 14.8. The van der Waals surface area contributed by atoms with E-state index in [4.69, 9.17) is 0 Å². The van der Waals surface area contributed by atoms with Gasteiger partial charge in [0.25, 0.3) is 0 Å². The van der Waals surface area contributed by atoms with Gasteiger partial charge in [0.15, 0.2) is 0 Å². The topological polar surface area (TPSA) is 24.1 Å². The zero-order valence-corrected chi connectivity index (χ0v) is 12.8. The van der Waals surface area contributed by atoms with E-state index < -0.39 is 35.3 Å². The standard InChI is InChI=1S/C16H12F8N2/c17-13(18,15(20,21)22)14(19,25-11-7-3-1-4-8-11)16(23,24)26-12-9-5-2-6-10-12/h1-10,25-26H. The Kier molecular flexibility index (Phi) is 5.07. The highest BCUT2D eigenvalue weighted by Crippen LogP contribution is 2.52. The molecule has 0 aliphatic carbocycles. The maximum absolute atomic E-state index is 14.8. The Morgan fingerprint density at radius 2 is 0.923 bits per heavy atom. The normalized spacial score (nSPS) is 15.2. The molecule has 2 aromatic carbocycles. The average Bonchev–Trinajstić information content (AvgIpc) is 2.55. The first-order chi connectivity index (χ1) is 11.9. The molecule has 0 aliphatic heterocycles. The van der Waals surface area contributed by atoms with Gasteiger partial charge in [-0.05, 0) is 24.3 Å². The van der Waals surface area contributed by atoms with Crippen molar-refractivity contribution in [2.75, 3.05) is 10.6 Å². The summed E-state index contributed by atoms with van der Waals surface area (Å²) in [7, 11) is 0. The molecule has 0 spiro atoms. The van der Waals surface area contributed by atoms with E-state index in [0.717, 1.165) is 47.0 Å². The predicted molar refractivity (Wildman–Crippen MR) is 79.9 cm³/mol. The van der Waals surface area contributed by atoms with Gasteiger partial charge in [0.1, 0.15) is 0 Å². The number of hydrogen-bond acceptors (Lipinski definition) is 2. The van der Waals surface area contributed by atoms with Crippen LogP contribution in [0.5, 0.6) is 0 Å². The van der Waals surface area contributed by atoms with Gasteiger partial charge in [-0.15, -0.1) is 0 Å². The van der Waals surface area contributed by atoms with E-state index in [1.54, 1.807) is 0 Å². The van der Waals surface area contributed by atoms with Gasteiger partial charge in [0, 0.05) is 11.4 Å². The monoisotopic (exact) mass is 384 g/mol. The fraction of sp³-hybridized carbons (Fsp3) is 0.250. The van der Waals surface area contributed by atoms with Crippen molar-refractivity contribution in [1.82, 2.24) is 0 Å². The summed E-state index contributed by atoms with van der Waals surface area (Å²) < 4.78 is 109. The molecule has 1 atom stereocenters. The minimum absolute atomic E-state index is 0.549. The lowest BCUT2D eigenvalue weighted by molar-refractivity contribution is -0.350. The van der Waals surface area contributed by atoms with Gasteiger partial charge in [-0.25, -0.2) is 4.39 Å². The van der Waals surface area contributed by atoms with Crippen LogP contribution in [0.3, 0.4) is 0 Å². The SMILES string of the molecule is FC(F)(F)C(F)(F)C(F)(Nc1ccccc1)C(F)(F)Nc1ccccc1. The molecule has 0 aliphatic rings. The number of alkyl halides is 8. The largest absolute Gasteiger partial charge is 0.459 e. The minimum Gasteiger partial charge on any atom is -0.341 e. The molecule has 0 bridgehead atoms. The summed E-state index contributed by atoms with van der Waals surface area (Å²) in [5.41, 5.74) is -1.24. The number of nitrogens with one attached hydrogen (secondary N) is 2. The van der Waals surface area contributed by atoms with Crippen LogP contribution in [0.4, 0.5) is 46.5 Å². The van der Waals surface area contributed by atoms with E-state index >= 15 is 0 Å². The first-order valence-electron chi connectivity index (χ1n) is 7.08. The number of halogens is 8. The van der Waals surface area contributed by atoms with Crippen LogP contribution in [0.1, 0.15) is 0 Å². The first-order valence-corrected chi connectivity index (χ1v) is 7.08. The average molecular weight is 384 g/mol. The lowest BCUT2D eigenvalue weighted by Crippen LogP contribution is -2.69. The number of anilines is 2. The third kappa shape index (κ3) is 3.54. The molecule has 0 fully saturated rings. The van der Waals surface area contributed by atoms with Gasteiger partial charge >= 0.3 is 23.9 Å². The van der Waals surface area contributed by atoms with Crippen LogP contribution in [0.2, 0.25) is 0 Å². The Labute approximate surface area is 142 Å². The summed E-state index contributed by atoms with van der Waals surface area (Å²) in [6.07, 6.45) is -6.58. The van der Waals surface area contributed by atoms with Gasteiger partial charge in [-0.2, -0.15) is 30.7 Å². The molecule has 10 heteroatoms. The fourth-order valence-electron chi connectivity index (χ4n) is 2.06. The highest BCUT2D eigenvalue weighted by molar-refractivity contribution is 5.50. The number of benzene rings is 2. The molecule has 142 valence electrons. The Morgan fingerprint density at radius 3 is 1.31 bits per heavy atom. The fourth-order valence-corrected chi connectivity index (χ4v) is 2.06. The first kappa shape index (κ1) is 19.8. The van der Waals surface area contributed by atoms with Gasteiger partial charge in [0.2, 0.25) is 0 Å². The van der Waals surface area contributed by atoms with Crippen molar-refractivity contribution in [1.29, 1.82) is 0 Å². The van der Waals surface area contributed by atoms with E-state index in [1.807, 2.05) is 0 Å². The molecule has 0 amide bonds. The summed E-state index contributed by atoms with van der Waals surface area (Å²) in [5, 5.41) is 2.12. The Balaban J connectivity index is 2.52. The summed E-state index contributed by atoms with van der Waals surface area (Å²) in [5.74, 6) is -11.9. The molecule has 1 unspecified atom stereocenters. The van der Waals surface area contributed by atoms with Gasteiger partial charge in [-0.1, -0.05) is 36.4 Å². The molecule has 2 nitrogen and oxygen atoms in total. The zero-order chi connectivity index (χ0) is 19.6. The molecule has 2 rings (SSSR count). The molecule has 0 aromatic heterocycles. The van der Waals surface area contributed by atoms with E-state index in [0.29, 0.717) is 0 Å². The van der Waals surface area contributed by atoms with E-state index in [1.165, 1.54) is 24.3 Å². The summed E-state index contributed by atoms with van der Waals surface area (Å²) in [4.78, 5) is 0. The number of hydrogen-bond donors (Lipinski definition) is 2. The molecular weight excluding hydrogens is 372 g/mol. The van der Waals surface area contributed by atoms with E-state index in [-0.39, 0.29) is 0 Å². The van der Waals surface area contributed by atoms with Crippen molar-refractivity contribution in [2.24, 2.45) is 0 Å². The van der Waals surface area contributed by atoms with Gasteiger partial charge in [0.05, 0.1) is 0 Å². The second kappa shape index (κ2) is 6.65. The van der Waals surface area contributed by atoms with Crippen molar-refractivity contribution in [3.8, 4) is 0 Å². The lowest BCUT2D eigenvalue weighted by Gasteiger charge is -2.40. The Morgan fingerprint density at radius 1 is 0.538 bits per heavy atom. The second-order valence-corrected chi connectivity index (χ2v) is 5.29. The van der Waals surface area contributed by atoms with Crippen LogP contribution < -0.4 is 10.6 Å². The highest BCUT2D eigenvalue weighted by Gasteiger charge is 2.81. The molecule has 2 aromatic rings. The van der Waals surface area contributed by atoms with Crippen molar-refractivity contribution in [3.05, 3.63) is 60.7 Å². The van der Waals surface area contributed by atoms with Crippen molar-refractivity contribution < 1.29 is 35.1 Å². The van der Waals surface area contributed by atoms with Crippen LogP contribution in [-0.2, 0) is 0 Å². The van der Waals surface area contributed by atoms with E-state index in [2.05, 4.69) is 0 Å². The summed E-state index contributed by atoms with van der Waals surface area (Å²) in [6, 6.07) is 5.78. The highest BCUT2D eigenvalue weighted by atomic mass is 19.4. The van der Waals surface area contributed by atoms with Crippen LogP contribution in [-0.4, -0.2) is 23.9 Å². The Hall–Kier alpha value is -2.52. The zero-order valence-electron chi connectivity index (χ0n) is 12.8. The van der Waals surface area contributed by atoms with Crippen LogP contribution in [0.15, 0.2) is 60.7 Å². The van der Waals surface area contributed by atoms with Gasteiger partial charge < -0.3 is 10.6 Å². The molecule has 0 saturated carbocycles. The third-order valence-electron chi connectivity index (χ3n) is 3.39. The summed E-state index contributed by atoms with van der Waals surface area (Å²) in [6.45, 7) is 0. The predicted octanol–water partition coefficient (Wildman–Crippen LogP) is 5.67. The lowest BCUT2D eigenvalue weighted by atomic mass is 10.0. The second-order valence-electron chi connectivity index (χ2n) is 5.29. The quantitative estimate of drug-likeness (QED) is 0.496. The molecule has 0 saturated heterocycles.